The maximum absolute atomic E-state index is 13.7. The first-order chi connectivity index (χ1) is 16.6. The lowest BCUT2D eigenvalue weighted by molar-refractivity contribution is -0.131. The second-order valence-electron chi connectivity index (χ2n) is 9.76. The predicted molar refractivity (Wildman–Crippen MR) is 134 cm³/mol. The van der Waals surface area contributed by atoms with Gasteiger partial charge in [0, 0.05) is 31.9 Å². The molecule has 0 spiro atoms. The second kappa shape index (κ2) is 10.1. The average molecular weight is 502 g/mol. The molecule has 2 aliphatic rings. The van der Waals surface area contributed by atoms with E-state index < -0.39 is 15.9 Å². The van der Waals surface area contributed by atoms with Gasteiger partial charge in [0.15, 0.2) is 0 Å². The Kier molecular flexibility index (Phi) is 7.32. The summed E-state index contributed by atoms with van der Waals surface area (Å²) in [6, 6.07) is 5.87. The van der Waals surface area contributed by atoms with Gasteiger partial charge in [-0.25, -0.2) is 8.42 Å². The Bertz CT molecular complexity index is 1230. The summed E-state index contributed by atoms with van der Waals surface area (Å²) in [7, 11) is -3.87. The minimum absolute atomic E-state index is 0.0308. The number of carbonyl (C=O) groups is 2. The Hall–Kier alpha value is -2.72. The number of aryl methyl sites for hydroxylation is 3. The zero-order valence-electron chi connectivity index (χ0n) is 21.0. The highest BCUT2D eigenvalue weighted by Crippen LogP contribution is 2.29. The van der Waals surface area contributed by atoms with Crippen LogP contribution in [0.3, 0.4) is 0 Å². The number of aromatic nitrogens is 2. The average Bonchev–Trinajstić information content (AvgIpc) is 3.45. The molecule has 0 bridgehead atoms. The van der Waals surface area contributed by atoms with Gasteiger partial charge in [-0.15, -0.1) is 0 Å². The summed E-state index contributed by atoms with van der Waals surface area (Å²) in [6.45, 7) is 9.23. The molecule has 2 fully saturated rings. The van der Waals surface area contributed by atoms with Crippen LogP contribution in [0.15, 0.2) is 23.1 Å². The number of likely N-dealkylation sites (tertiary alicyclic amines) is 1. The molecule has 9 nitrogen and oxygen atoms in total. The predicted octanol–water partition coefficient (Wildman–Crippen LogP) is 2.78. The molecule has 1 aromatic carbocycles. The number of benzene rings is 1. The van der Waals surface area contributed by atoms with E-state index in [4.69, 9.17) is 0 Å². The lowest BCUT2D eigenvalue weighted by Crippen LogP contribution is -2.44. The molecule has 2 aromatic rings. The lowest BCUT2D eigenvalue weighted by Gasteiger charge is -2.31. The second-order valence-corrected chi connectivity index (χ2v) is 11.6. The van der Waals surface area contributed by atoms with Crippen molar-refractivity contribution in [2.24, 2.45) is 5.92 Å². The summed E-state index contributed by atoms with van der Waals surface area (Å²) in [5.41, 5.74) is 3.60. The molecule has 2 aliphatic heterocycles. The molecule has 1 atom stereocenters. The number of carbonyl (C=O) groups excluding carboxylic acids is 2. The van der Waals surface area contributed by atoms with Crippen LogP contribution in [0.1, 0.15) is 48.2 Å². The van der Waals surface area contributed by atoms with E-state index in [1.54, 1.807) is 18.7 Å². The monoisotopic (exact) mass is 501 g/mol. The first kappa shape index (κ1) is 25.4. The molecule has 2 saturated heterocycles. The van der Waals surface area contributed by atoms with Crippen molar-refractivity contribution in [1.29, 1.82) is 0 Å². The zero-order chi connectivity index (χ0) is 25.3. The van der Waals surface area contributed by atoms with Crippen LogP contribution in [0.5, 0.6) is 0 Å². The van der Waals surface area contributed by atoms with Crippen molar-refractivity contribution in [1.82, 2.24) is 19.0 Å². The zero-order valence-corrected chi connectivity index (χ0v) is 21.8. The molecule has 4 rings (SSSR count). The van der Waals surface area contributed by atoms with Crippen LogP contribution in [0.2, 0.25) is 0 Å². The van der Waals surface area contributed by atoms with Gasteiger partial charge in [0.25, 0.3) is 0 Å². The Morgan fingerprint density at radius 2 is 1.77 bits per heavy atom. The van der Waals surface area contributed by atoms with Crippen LogP contribution in [0, 0.1) is 33.6 Å². The van der Waals surface area contributed by atoms with Crippen LogP contribution in [-0.4, -0.2) is 65.4 Å². The van der Waals surface area contributed by atoms with Gasteiger partial charge in [-0.05, 0) is 70.6 Å². The summed E-state index contributed by atoms with van der Waals surface area (Å²) in [6.07, 6.45) is 3.22. The van der Waals surface area contributed by atoms with Crippen molar-refractivity contribution >= 4 is 27.5 Å². The van der Waals surface area contributed by atoms with E-state index in [-0.39, 0.29) is 29.8 Å². The summed E-state index contributed by atoms with van der Waals surface area (Å²) < 4.78 is 30.2. The minimum atomic E-state index is -3.87. The first-order valence-electron chi connectivity index (χ1n) is 12.3. The Morgan fingerprint density at radius 3 is 2.49 bits per heavy atom. The number of amides is 2. The Labute approximate surface area is 207 Å². The number of rotatable bonds is 6. The molecule has 10 heteroatoms. The third kappa shape index (κ3) is 5.28. The number of piperidine rings is 1. The van der Waals surface area contributed by atoms with Gasteiger partial charge in [0.1, 0.15) is 11.4 Å². The highest BCUT2D eigenvalue weighted by molar-refractivity contribution is 7.89. The van der Waals surface area contributed by atoms with Gasteiger partial charge >= 0.3 is 0 Å². The summed E-state index contributed by atoms with van der Waals surface area (Å²) >= 11 is 0. The van der Waals surface area contributed by atoms with E-state index in [0.717, 1.165) is 42.7 Å². The van der Waals surface area contributed by atoms with Crippen molar-refractivity contribution in [3.05, 3.63) is 40.7 Å². The highest BCUT2D eigenvalue weighted by Gasteiger charge is 2.37. The van der Waals surface area contributed by atoms with Crippen molar-refractivity contribution in [2.45, 2.75) is 64.8 Å². The minimum Gasteiger partial charge on any atom is -0.341 e. The van der Waals surface area contributed by atoms with Crippen LogP contribution < -0.4 is 5.32 Å². The number of nitrogens with zero attached hydrogens (tertiary/aromatic N) is 4. The number of hydrogen-bond acceptors (Lipinski definition) is 5. The van der Waals surface area contributed by atoms with Gasteiger partial charge in [0.2, 0.25) is 21.8 Å². The topological polar surface area (TPSA) is 105 Å². The Balaban J connectivity index is 1.50. The van der Waals surface area contributed by atoms with E-state index in [9.17, 15) is 18.0 Å². The lowest BCUT2D eigenvalue weighted by atomic mass is 9.98. The highest BCUT2D eigenvalue weighted by atomic mass is 32.2. The standard InChI is InChI=1S/C25H35N5O4S/c1-17-9-10-18(2)22(14-17)26-25(32)21-8-7-13-29(15-21)35(33,34)24-19(3)27-30(20(24)4)16-23(31)28-11-5-6-12-28/h9-10,14,21H,5-8,11-13,15-16H2,1-4H3,(H,26,32). The summed E-state index contributed by atoms with van der Waals surface area (Å²) in [4.78, 5) is 27.6. The molecule has 1 unspecified atom stereocenters. The fourth-order valence-electron chi connectivity index (χ4n) is 5.01. The molecule has 1 N–H and O–H groups in total. The Morgan fingerprint density at radius 1 is 1.06 bits per heavy atom. The van der Waals surface area contributed by atoms with Crippen LogP contribution in [0.25, 0.3) is 0 Å². The van der Waals surface area contributed by atoms with Crippen LogP contribution >= 0.6 is 0 Å². The largest absolute Gasteiger partial charge is 0.341 e. The van der Waals surface area contributed by atoms with E-state index >= 15 is 0 Å². The van der Waals surface area contributed by atoms with Gasteiger partial charge in [-0.1, -0.05) is 12.1 Å². The van der Waals surface area contributed by atoms with Gasteiger partial charge < -0.3 is 10.2 Å². The number of anilines is 1. The molecule has 0 radical (unpaired) electrons. The molecule has 0 aliphatic carbocycles. The fourth-order valence-corrected chi connectivity index (χ4v) is 6.91. The normalized spacial score (nSPS) is 19.2. The van der Waals surface area contributed by atoms with Crippen molar-refractivity contribution in [3.8, 4) is 0 Å². The molecule has 35 heavy (non-hydrogen) atoms. The van der Waals surface area contributed by atoms with E-state index in [1.165, 1.54) is 8.99 Å². The van der Waals surface area contributed by atoms with Gasteiger partial charge in [-0.3, -0.25) is 14.3 Å². The molecule has 0 saturated carbocycles. The summed E-state index contributed by atoms with van der Waals surface area (Å²) in [5, 5.41) is 7.38. The molecule has 3 heterocycles. The third-order valence-corrected chi connectivity index (χ3v) is 9.18. The number of nitrogens with one attached hydrogen (secondary N) is 1. The molecule has 190 valence electrons. The van der Waals surface area contributed by atoms with Crippen LogP contribution in [0.4, 0.5) is 5.69 Å². The first-order valence-corrected chi connectivity index (χ1v) is 13.7. The van der Waals surface area contributed by atoms with E-state index in [0.29, 0.717) is 30.8 Å². The molecular formula is C25H35N5O4S. The SMILES string of the molecule is Cc1ccc(C)c(NC(=O)C2CCCN(S(=O)(=O)c3c(C)nn(CC(=O)N4CCCC4)c3C)C2)c1. The van der Waals surface area contributed by atoms with Gasteiger partial charge in [-0.2, -0.15) is 9.40 Å². The maximum Gasteiger partial charge on any atom is 0.246 e. The third-order valence-electron chi connectivity index (χ3n) is 7.06. The molecule has 2 amide bonds. The van der Waals surface area contributed by atoms with Crippen molar-refractivity contribution < 1.29 is 18.0 Å². The van der Waals surface area contributed by atoms with Crippen molar-refractivity contribution in [3.63, 3.8) is 0 Å². The molecule has 1 aromatic heterocycles. The smallest absolute Gasteiger partial charge is 0.246 e. The number of hydrogen-bond donors (Lipinski definition) is 1. The fraction of sp³-hybridized carbons (Fsp3) is 0.560. The van der Waals surface area contributed by atoms with Gasteiger partial charge in [0.05, 0.1) is 17.3 Å². The van der Waals surface area contributed by atoms with E-state index in [1.807, 2.05) is 32.0 Å². The summed E-state index contributed by atoms with van der Waals surface area (Å²) in [5.74, 6) is -0.650. The quantitative estimate of drug-likeness (QED) is 0.655. The van der Waals surface area contributed by atoms with Crippen molar-refractivity contribution in [2.75, 3.05) is 31.5 Å². The number of sulfonamides is 1. The maximum atomic E-state index is 13.7. The van der Waals surface area contributed by atoms with Crippen LogP contribution in [-0.2, 0) is 26.2 Å². The molecular weight excluding hydrogens is 466 g/mol. The van der Waals surface area contributed by atoms with E-state index in [2.05, 4.69) is 10.4 Å².